The molecule has 4 heteroatoms. The molecule has 4 nitrogen and oxygen atoms in total. The van der Waals surface area contributed by atoms with E-state index in [1.807, 2.05) is 24.5 Å². The van der Waals surface area contributed by atoms with Crippen molar-refractivity contribution in [1.82, 2.24) is 10.3 Å². The van der Waals surface area contributed by atoms with Crippen LogP contribution in [0.1, 0.15) is 63.0 Å². The molecule has 1 saturated heterocycles. The minimum absolute atomic E-state index is 0.0328. The lowest BCUT2D eigenvalue weighted by atomic mass is 9.49. The van der Waals surface area contributed by atoms with E-state index in [0.717, 1.165) is 62.0 Å². The van der Waals surface area contributed by atoms with E-state index in [0.29, 0.717) is 5.91 Å². The van der Waals surface area contributed by atoms with E-state index in [4.69, 9.17) is 4.74 Å². The zero-order valence-electron chi connectivity index (χ0n) is 14.8. The van der Waals surface area contributed by atoms with E-state index < -0.39 is 0 Å². The first kappa shape index (κ1) is 15.8. The van der Waals surface area contributed by atoms with Crippen LogP contribution in [0.25, 0.3) is 0 Å². The van der Waals surface area contributed by atoms with Gasteiger partial charge in [0.05, 0.1) is 6.04 Å². The fraction of sp³-hybridized carbons (Fsp3) is 0.714. The lowest BCUT2D eigenvalue weighted by molar-refractivity contribution is -0.149. The van der Waals surface area contributed by atoms with Gasteiger partial charge in [-0.1, -0.05) is 0 Å². The molecule has 6 rings (SSSR count). The normalized spacial score (nSPS) is 42.3. The van der Waals surface area contributed by atoms with Crippen molar-refractivity contribution in [3.05, 3.63) is 30.1 Å². The van der Waals surface area contributed by atoms with Gasteiger partial charge < -0.3 is 10.1 Å². The number of carbonyl (C=O) groups is 1. The summed E-state index contributed by atoms with van der Waals surface area (Å²) in [4.78, 5) is 17.5. The van der Waals surface area contributed by atoms with Crippen molar-refractivity contribution < 1.29 is 9.53 Å². The van der Waals surface area contributed by atoms with Crippen molar-refractivity contribution in [3.63, 3.8) is 0 Å². The highest BCUT2D eigenvalue weighted by atomic mass is 16.5. The van der Waals surface area contributed by atoms with Crippen molar-refractivity contribution in [2.75, 3.05) is 6.61 Å². The number of aromatic nitrogens is 1. The van der Waals surface area contributed by atoms with Gasteiger partial charge in [-0.2, -0.15) is 0 Å². The minimum Gasteiger partial charge on any atom is -0.371 e. The topological polar surface area (TPSA) is 51.2 Å². The Morgan fingerprint density at radius 1 is 1.08 bits per heavy atom. The summed E-state index contributed by atoms with van der Waals surface area (Å²) in [6.45, 7) is 0.775. The third-order valence-corrected chi connectivity index (χ3v) is 7.19. The summed E-state index contributed by atoms with van der Waals surface area (Å²) in [5, 5.41) is 3.44. The summed E-state index contributed by atoms with van der Waals surface area (Å²) in [6, 6.07) is 4.12. The number of amides is 1. The molecule has 134 valence electrons. The fourth-order valence-corrected chi connectivity index (χ4v) is 6.52. The van der Waals surface area contributed by atoms with E-state index in [-0.39, 0.29) is 17.6 Å². The second kappa shape index (κ2) is 6.08. The van der Waals surface area contributed by atoms with Gasteiger partial charge in [-0.05, 0) is 86.8 Å². The number of nitrogens with zero attached hydrogens (tertiary/aromatic N) is 1. The molecule has 0 spiro atoms. The number of ether oxygens (including phenoxy) is 1. The van der Waals surface area contributed by atoms with Gasteiger partial charge in [-0.15, -0.1) is 0 Å². The average molecular weight is 340 g/mol. The first-order valence-electron chi connectivity index (χ1n) is 10.0. The average Bonchev–Trinajstić information content (AvgIpc) is 2.62. The summed E-state index contributed by atoms with van der Waals surface area (Å²) in [6.07, 6.45) is 13.1. The second-order valence-electron chi connectivity index (χ2n) is 8.99. The molecule has 0 radical (unpaired) electrons. The van der Waals surface area contributed by atoms with Crippen LogP contribution in [0, 0.1) is 23.2 Å². The predicted octanol–water partition coefficient (Wildman–Crippen LogP) is 3.63. The molecular weight excluding hydrogens is 312 g/mol. The van der Waals surface area contributed by atoms with Crippen molar-refractivity contribution >= 4 is 5.91 Å². The van der Waals surface area contributed by atoms with Gasteiger partial charge in [0, 0.05) is 24.4 Å². The summed E-state index contributed by atoms with van der Waals surface area (Å²) >= 11 is 0. The molecule has 5 fully saturated rings. The Morgan fingerprint density at radius 3 is 2.36 bits per heavy atom. The highest BCUT2D eigenvalue weighted by Gasteiger charge is 2.55. The van der Waals surface area contributed by atoms with Crippen LogP contribution in [0.2, 0.25) is 0 Å². The highest BCUT2D eigenvalue weighted by molar-refractivity contribution is 5.83. The number of rotatable bonds is 3. The molecule has 0 aromatic carbocycles. The second-order valence-corrected chi connectivity index (χ2v) is 8.99. The Labute approximate surface area is 149 Å². The maximum Gasteiger partial charge on any atom is 0.226 e. The van der Waals surface area contributed by atoms with Crippen molar-refractivity contribution in [2.45, 2.75) is 63.5 Å². The summed E-state index contributed by atoms with van der Waals surface area (Å²) in [5.74, 6) is 2.72. The molecular formula is C21H28N2O2. The number of carbonyl (C=O) groups excluding carboxylic acids is 1. The Bertz CT molecular complexity index is 609. The standard InChI is InChI=1S/C21H28N2O2/c24-20(21-11-14-8-15(12-21)10-16(9-14)13-21)23-18-2-1-7-25-19(18)17-3-5-22-6-4-17/h3-6,14-16,18-19H,1-2,7-13H2,(H,23,24)/t14?,15?,16?,18-,19+,21?/m0/s1. The first-order valence-corrected chi connectivity index (χ1v) is 10.0. The fourth-order valence-electron chi connectivity index (χ4n) is 6.52. The van der Waals surface area contributed by atoms with Gasteiger partial charge in [0.25, 0.3) is 0 Å². The monoisotopic (exact) mass is 340 g/mol. The molecule has 2 atom stereocenters. The zero-order chi connectivity index (χ0) is 16.9. The molecule has 1 aliphatic heterocycles. The van der Waals surface area contributed by atoms with Crippen LogP contribution in [0.3, 0.4) is 0 Å². The van der Waals surface area contributed by atoms with Gasteiger partial charge in [0.1, 0.15) is 6.10 Å². The summed E-state index contributed by atoms with van der Waals surface area (Å²) in [7, 11) is 0. The van der Waals surface area contributed by atoms with Crippen LogP contribution in [-0.4, -0.2) is 23.5 Å². The predicted molar refractivity (Wildman–Crippen MR) is 94.7 cm³/mol. The van der Waals surface area contributed by atoms with Crippen molar-refractivity contribution in [3.8, 4) is 0 Å². The van der Waals surface area contributed by atoms with Gasteiger partial charge in [-0.3, -0.25) is 9.78 Å². The highest BCUT2D eigenvalue weighted by Crippen LogP contribution is 2.60. The van der Waals surface area contributed by atoms with Crippen LogP contribution in [-0.2, 0) is 9.53 Å². The van der Waals surface area contributed by atoms with Gasteiger partial charge >= 0.3 is 0 Å². The van der Waals surface area contributed by atoms with Gasteiger partial charge in [0.2, 0.25) is 5.91 Å². The largest absolute Gasteiger partial charge is 0.371 e. The number of hydrogen-bond donors (Lipinski definition) is 1. The van der Waals surface area contributed by atoms with Gasteiger partial charge in [-0.25, -0.2) is 0 Å². The SMILES string of the molecule is O=C(N[C@H]1CCCO[C@@H]1c1ccncc1)C12CC3CC(CC(C3)C1)C2. The number of nitrogens with one attached hydrogen (secondary N) is 1. The van der Waals surface area contributed by atoms with Crippen molar-refractivity contribution in [2.24, 2.45) is 23.2 Å². The van der Waals surface area contributed by atoms with E-state index in [9.17, 15) is 4.79 Å². The molecule has 25 heavy (non-hydrogen) atoms. The smallest absolute Gasteiger partial charge is 0.226 e. The number of pyridine rings is 1. The first-order chi connectivity index (χ1) is 12.2. The third-order valence-electron chi connectivity index (χ3n) is 7.19. The van der Waals surface area contributed by atoms with Crippen LogP contribution >= 0.6 is 0 Å². The van der Waals surface area contributed by atoms with E-state index in [2.05, 4.69) is 10.3 Å². The lowest BCUT2D eigenvalue weighted by Gasteiger charge is -2.56. The molecule has 4 saturated carbocycles. The zero-order valence-corrected chi connectivity index (χ0v) is 14.8. The van der Waals surface area contributed by atoms with Crippen LogP contribution in [0.15, 0.2) is 24.5 Å². The molecule has 0 unspecified atom stereocenters. The Kier molecular flexibility index (Phi) is 3.85. The van der Waals surface area contributed by atoms with Crippen molar-refractivity contribution in [1.29, 1.82) is 0 Å². The molecule has 1 amide bonds. The molecule has 4 bridgehead atoms. The summed E-state index contributed by atoms with van der Waals surface area (Å²) in [5.41, 5.74) is 1.06. The molecule has 4 aliphatic carbocycles. The van der Waals surface area contributed by atoms with Crippen LogP contribution in [0.4, 0.5) is 0 Å². The molecule has 1 aromatic heterocycles. The maximum absolute atomic E-state index is 13.4. The Hall–Kier alpha value is -1.42. The van der Waals surface area contributed by atoms with Gasteiger partial charge in [0.15, 0.2) is 0 Å². The van der Waals surface area contributed by atoms with Crippen LogP contribution in [0.5, 0.6) is 0 Å². The van der Waals surface area contributed by atoms with E-state index >= 15 is 0 Å². The minimum atomic E-state index is -0.0744. The Morgan fingerprint density at radius 2 is 1.72 bits per heavy atom. The number of hydrogen-bond acceptors (Lipinski definition) is 3. The summed E-state index contributed by atoms with van der Waals surface area (Å²) < 4.78 is 6.05. The van der Waals surface area contributed by atoms with E-state index in [1.165, 1.54) is 19.3 Å². The lowest BCUT2D eigenvalue weighted by Crippen LogP contribution is -2.56. The molecule has 1 aromatic rings. The quantitative estimate of drug-likeness (QED) is 0.914. The Balaban J connectivity index is 1.34. The third kappa shape index (κ3) is 2.79. The maximum atomic E-state index is 13.4. The molecule has 2 heterocycles. The van der Waals surface area contributed by atoms with Crippen LogP contribution < -0.4 is 5.32 Å². The molecule has 5 aliphatic rings. The van der Waals surface area contributed by atoms with E-state index in [1.54, 1.807) is 0 Å². The molecule has 1 N–H and O–H groups in total.